The number of ether oxygens (including phenoxy) is 1. The Hall–Kier alpha value is -1.92. The summed E-state index contributed by atoms with van der Waals surface area (Å²) in [6, 6.07) is 12.0. The molecule has 0 saturated carbocycles. The van der Waals surface area contributed by atoms with Crippen LogP contribution in [0.1, 0.15) is 11.1 Å². The molecule has 0 spiro atoms. The van der Waals surface area contributed by atoms with E-state index in [0.29, 0.717) is 12.3 Å². The largest absolute Gasteiger partial charge is 0.483 e. The molecule has 0 aromatic heterocycles. The van der Waals surface area contributed by atoms with Crippen molar-refractivity contribution in [3.8, 4) is 5.75 Å². The molecule has 0 radical (unpaired) electrons. The van der Waals surface area contributed by atoms with Crippen LogP contribution in [0.25, 0.3) is 0 Å². The summed E-state index contributed by atoms with van der Waals surface area (Å²) in [6.45, 7) is 1.19. The standard InChI is InChI=1S/C17H18BrFN2O2/c18-14-3-6-16(23-11-17(20)22)13(9-14)10-21-8-7-12-1-4-15(19)5-2-12/h1-6,9,21H,7-8,10-11H2,(H2,20,22). The highest BCUT2D eigenvalue weighted by molar-refractivity contribution is 9.10. The Labute approximate surface area is 143 Å². The van der Waals surface area contributed by atoms with Gasteiger partial charge in [0.1, 0.15) is 11.6 Å². The number of primary amides is 1. The molecule has 0 aliphatic carbocycles. The molecule has 4 nitrogen and oxygen atoms in total. The van der Waals surface area contributed by atoms with Crippen LogP contribution in [-0.4, -0.2) is 19.1 Å². The predicted molar refractivity (Wildman–Crippen MR) is 90.6 cm³/mol. The summed E-state index contributed by atoms with van der Waals surface area (Å²) in [5.41, 5.74) is 7.10. The molecule has 0 saturated heterocycles. The normalized spacial score (nSPS) is 10.5. The Morgan fingerprint density at radius 2 is 1.96 bits per heavy atom. The van der Waals surface area contributed by atoms with Crippen molar-refractivity contribution in [1.82, 2.24) is 5.32 Å². The number of rotatable bonds is 8. The van der Waals surface area contributed by atoms with Gasteiger partial charge in [0.15, 0.2) is 6.61 Å². The molecule has 0 heterocycles. The van der Waals surface area contributed by atoms with Crippen LogP contribution in [0.2, 0.25) is 0 Å². The fourth-order valence-electron chi connectivity index (χ4n) is 2.08. The molecule has 0 atom stereocenters. The number of amides is 1. The lowest BCUT2D eigenvalue weighted by Crippen LogP contribution is -2.21. The average molecular weight is 381 g/mol. The lowest BCUT2D eigenvalue weighted by atomic mass is 10.1. The SMILES string of the molecule is NC(=O)COc1ccc(Br)cc1CNCCc1ccc(F)cc1. The molecule has 122 valence electrons. The minimum atomic E-state index is -0.511. The molecular formula is C17H18BrFN2O2. The second kappa shape index (κ2) is 8.64. The Kier molecular flexibility index (Phi) is 6.55. The Balaban J connectivity index is 1.87. The van der Waals surface area contributed by atoms with Gasteiger partial charge in [-0.05, 0) is 48.9 Å². The quantitative estimate of drug-likeness (QED) is 0.692. The van der Waals surface area contributed by atoms with Crippen molar-refractivity contribution < 1.29 is 13.9 Å². The summed E-state index contributed by atoms with van der Waals surface area (Å²) >= 11 is 3.42. The number of carbonyl (C=O) groups excluding carboxylic acids is 1. The summed E-state index contributed by atoms with van der Waals surface area (Å²) in [6.07, 6.45) is 0.797. The van der Waals surface area contributed by atoms with E-state index in [0.717, 1.165) is 28.6 Å². The van der Waals surface area contributed by atoms with Crippen molar-refractivity contribution >= 4 is 21.8 Å². The second-order valence-electron chi connectivity index (χ2n) is 5.06. The molecular weight excluding hydrogens is 363 g/mol. The van der Waals surface area contributed by atoms with Gasteiger partial charge in [-0.3, -0.25) is 4.79 Å². The molecule has 2 rings (SSSR count). The number of hydrogen-bond donors (Lipinski definition) is 2. The molecule has 23 heavy (non-hydrogen) atoms. The van der Waals surface area contributed by atoms with E-state index in [-0.39, 0.29) is 12.4 Å². The predicted octanol–water partition coefficient (Wildman–Crippen LogP) is 2.78. The highest BCUT2D eigenvalue weighted by Gasteiger charge is 2.06. The average Bonchev–Trinajstić information content (AvgIpc) is 2.52. The van der Waals surface area contributed by atoms with Crippen molar-refractivity contribution in [3.05, 3.63) is 63.9 Å². The number of halogens is 2. The first-order valence-electron chi connectivity index (χ1n) is 7.19. The lowest BCUT2D eigenvalue weighted by Gasteiger charge is -2.12. The maximum absolute atomic E-state index is 12.8. The lowest BCUT2D eigenvalue weighted by molar-refractivity contribution is -0.119. The van der Waals surface area contributed by atoms with E-state index in [2.05, 4.69) is 21.2 Å². The number of benzene rings is 2. The smallest absolute Gasteiger partial charge is 0.255 e. The fraction of sp³-hybridized carbons (Fsp3) is 0.235. The molecule has 0 fully saturated rings. The summed E-state index contributed by atoms with van der Waals surface area (Å²) in [5, 5.41) is 3.31. The van der Waals surface area contributed by atoms with E-state index in [1.54, 1.807) is 18.2 Å². The zero-order valence-electron chi connectivity index (χ0n) is 12.5. The number of hydrogen-bond acceptors (Lipinski definition) is 3. The summed E-state index contributed by atoms with van der Waals surface area (Å²) < 4.78 is 19.2. The van der Waals surface area contributed by atoms with Gasteiger partial charge in [-0.15, -0.1) is 0 Å². The zero-order valence-corrected chi connectivity index (χ0v) is 14.1. The van der Waals surface area contributed by atoms with Crippen molar-refractivity contribution in [3.63, 3.8) is 0 Å². The van der Waals surface area contributed by atoms with Crippen LogP contribution in [0, 0.1) is 5.82 Å². The van der Waals surface area contributed by atoms with Crippen LogP contribution >= 0.6 is 15.9 Å². The molecule has 0 bridgehead atoms. The molecule has 6 heteroatoms. The molecule has 0 unspecified atom stereocenters. The Bertz CT molecular complexity index is 662. The van der Waals surface area contributed by atoms with Gasteiger partial charge in [-0.1, -0.05) is 28.1 Å². The first-order chi connectivity index (χ1) is 11.0. The van der Waals surface area contributed by atoms with Gasteiger partial charge < -0.3 is 15.8 Å². The number of carbonyl (C=O) groups is 1. The van der Waals surface area contributed by atoms with Crippen LogP contribution in [-0.2, 0) is 17.8 Å². The zero-order chi connectivity index (χ0) is 16.7. The minimum Gasteiger partial charge on any atom is -0.483 e. The Morgan fingerprint density at radius 3 is 2.65 bits per heavy atom. The van der Waals surface area contributed by atoms with Gasteiger partial charge >= 0.3 is 0 Å². The van der Waals surface area contributed by atoms with Gasteiger partial charge in [-0.2, -0.15) is 0 Å². The third kappa shape index (κ3) is 6.00. The van der Waals surface area contributed by atoms with Crippen LogP contribution in [0.5, 0.6) is 5.75 Å². The van der Waals surface area contributed by atoms with E-state index >= 15 is 0 Å². The van der Waals surface area contributed by atoms with E-state index in [4.69, 9.17) is 10.5 Å². The van der Waals surface area contributed by atoms with E-state index in [1.807, 2.05) is 12.1 Å². The van der Waals surface area contributed by atoms with Crippen LogP contribution in [0.3, 0.4) is 0 Å². The van der Waals surface area contributed by atoms with Gasteiger partial charge in [-0.25, -0.2) is 4.39 Å². The van der Waals surface area contributed by atoms with Crippen molar-refractivity contribution in [1.29, 1.82) is 0 Å². The van der Waals surface area contributed by atoms with Gasteiger partial charge in [0.25, 0.3) is 5.91 Å². The van der Waals surface area contributed by atoms with Crippen LogP contribution < -0.4 is 15.8 Å². The van der Waals surface area contributed by atoms with Crippen LogP contribution in [0.15, 0.2) is 46.9 Å². The molecule has 2 aromatic rings. The molecule has 0 aliphatic heterocycles. The van der Waals surface area contributed by atoms with Crippen molar-refractivity contribution in [2.45, 2.75) is 13.0 Å². The minimum absolute atomic E-state index is 0.149. The maximum atomic E-state index is 12.8. The highest BCUT2D eigenvalue weighted by atomic mass is 79.9. The molecule has 2 aromatic carbocycles. The van der Waals surface area contributed by atoms with Crippen molar-refractivity contribution in [2.24, 2.45) is 5.73 Å². The molecule has 0 aliphatic rings. The third-order valence-electron chi connectivity index (χ3n) is 3.21. The van der Waals surface area contributed by atoms with E-state index in [1.165, 1.54) is 12.1 Å². The second-order valence-corrected chi connectivity index (χ2v) is 5.98. The first-order valence-corrected chi connectivity index (χ1v) is 7.98. The Morgan fingerprint density at radius 1 is 1.22 bits per heavy atom. The van der Waals surface area contributed by atoms with Crippen LogP contribution in [0.4, 0.5) is 4.39 Å². The van der Waals surface area contributed by atoms with Gasteiger partial charge in [0.2, 0.25) is 0 Å². The fourth-order valence-corrected chi connectivity index (χ4v) is 2.49. The highest BCUT2D eigenvalue weighted by Crippen LogP contribution is 2.23. The van der Waals surface area contributed by atoms with E-state index < -0.39 is 5.91 Å². The molecule has 3 N–H and O–H groups in total. The van der Waals surface area contributed by atoms with Gasteiger partial charge in [0.05, 0.1) is 0 Å². The monoisotopic (exact) mass is 380 g/mol. The first kappa shape index (κ1) is 17.4. The van der Waals surface area contributed by atoms with Gasteiger partial charge in [0, 0.05) is 16.6 Å². The summed E-state index contributed by atoms with van der Waals surface area (Å²) in [7, 11) is 0. The number of nitrogens with one attached hydrogen (secondary N) is 1. The maximum Gasteiger partial charge on any atom is 0.255 e. The third-order valence-corrected chi connectivity index (χ3v) is 3.70. The molecule has 1 amide bonds. The van der Waals surface area contributed by atoms with E-state index in [9.17, 15) is 9.18 Å². The summed E-state index contributed by atoms with van der Waals surface area (Å²) in [5.74, 6) is -0.114. The topological polar surface area (TPSA) is 64.4 Å². The number of nitrogens with two attached hydrogens (primary N) is 1. The summed E-state index contributed by atoms with van der Waals surface area (Å²) in [4.78, 5) is 10.8. The van der Waals surface area contributed by atoms with Crippen molar-refractivity contribution in [2.75, 3.05) is 13.2 Å².